The summed E-state index contributed by atoms with van der Waals surface area (Å²) in [5, 5.41) is 28.7. The second-order valence-corrected chi connectivity index (χ2v) is 6.12. The van der Waals surface area contributed by atoms with Gasteiger partial charge in [0.25, 0.3) is 0 Å². The van der Waals surface area contributed by atoms with Gasteiger partial charge in [0.1, 0.15) is 12.7 Å². The standard InChI is InChI=1S/C20H22F2O6/c21-20(22,17(25)13-28-19(26)15-9-5-2-6-10-15)18(16(24)11-23)27-12-14-7-3-1-4-8-14/h1-10,16-18,23-25H,11-13H2. The van der Waals surface area contributed by atoms with Crippen LogP contribution in [0.15, 0.2) is 60.7 Å². The predicted molar refractivity (Wildman–Crippen MR) is 95.8 cm³/mol. The molecule has 3 unspecified atom stereocenters. The van der Waals surface area contributed by atoms with E-state index in [0.29, 0.717) is 5.56 Å². The summed E-state index contributed by atoms with van der Waals surface area (Å²) in [5.74, 6) is -4.87. The summed E-state index contributed by atoms with van der Waals surface area (Å²) in [4.78, 5) is 11.8. The van der Waals surface area contributed by atoms with Gasteiger partial charge in [-0.3, -0.25) is 0 Å². The van der Waals surface area contributed by atoms with Crippen molar-refractivity contribution in [3.63, 3.8) is 0 Å². The van der Waals surface area contributed by atoms with E-state index in [1.54, 1.807) is 48.5 Å². The summed E-state index contributed by atoms with van der Waals surface area (Å²) in [6, 6.07) is 16.1. The summed E-state index contributed by atoms with van der Waals surface area (Å²) in [7, 11) is 0. The van der Waals surface area contributed by atoms with Crippen molar-refractivity contribution in [2.24, 2.45) is 0 Å². The van der Waals surface area contributed by atoms with Crippen LogP contribution in [0.3, 0.4) is 0 Å². The lowest BCUT2D eigenvalue weighted by atomic mass is 10.0. The fraction of sp³-hybridized carbons (Fsp3) is 0.350. The zero-order chi connectivity index (χ0) is 20.6. The molecular formula is C20H22F2O6. The van der Waals surface area contributed by atoms with Crippen LogP contribution in [-0.2, 0) is 16.1 Å². The Bertz CT molecular complexity index is 726. The number of esters is 1. The van der Waals surface area contributed by atoms with Crippen molar-refractivity contribution in [2.45, 2.75) is 30.8 Å². The minimum atomic E-state index is -3.99. The highest BCUT2D eigenvalue weighted by Gasteiger charge is 2.51. The lowest BCUT2D eigenvalue weighted by Crippen LogP contribution is -2.54. The van der Waals surface area contributed by atoms with Crippen molar-refractivity contribution in [2.75, 3.05) is 13.2 Å². The first-order valence-electron chi connectivity index (χ1n) is 8.58. The largest absolute Gasteiger partial charge is 0.459 e. The van der Waals surface area contributed by atoms with E-state index in [2.05, 4.69) is 0 Å². The van der Waals surface area contributed by atoms with Crippen molar-refractivity contribution < 1.29 is 38.4 Å². The van der Waals surface area contributed by atoms with E-state index in [1.165, 1.54) is 12.1 Å². The van der Waals surface area contributed by atoms with E-state index in [9.17, 15) is 23.8 Å². The van der Waals surface area contributed by atoms with Crippen molar-refractivity contribution >= 4 is 5.97 Å². The third-order valence-corrected chi connectivity index (χ3v) is 4.01. The van der Waals surface area contributed by atoms with Gasteiger partial charge in [-0.15, -0.1) is 0 Å². The van der Waals surface area contributed by atoms with Gasteiger partial charge in [-0.1, -0.05) is 48.5 Å². The Morgan fingerprint density at radius 1 is 1.00 bits per heavy atom. The van der Waals surface area contributed by atoms with E-state index >= 15 is 0 Å². The SMILES string of the molecule is O=C(OCC(O)C(F)(F)C(OCc1ccccc1)C(O)CO)c1ccccc1. The number of aliphatic hydroxyl groups excluding tert-OH is 3. The van der Waals surface area contributed by atoms with Gasteiger partial charge < -0.3 is 24.8 Å². The molecule has 6 nitrogen and oxygen atoms in total. The molecule has 0 radical (unpaired) electrons. The maximum atomic E-state index is 14.6. The summed E-state index contributed by atoms with van der Waals surface area (Å²) < 4.78 is 39.1. The molecule has 0 saturated carbocycles. The van der Waals surface area contributed by atoms with Gasteiger partial charge in [0.05, 0.1) is 18.8 Å². The summed E-state index contributed by atoms with van der Waals surface area (Å²) in [6.45, 7) is -2.27. The number of aliphatic hydroxyl groups is 3. The number of ether oxygens (including phenoxy) is 2. The molecule has 3 N–H and O–H groups in total. The van der Waals surface area contributed by atoms with Gasteiger partial charge in [0.15, 0.2) is 12.2 Å². The Morgan fingerprint density at radius 2 is 1.57 bits per heavy atom. The van der Waals surface area contributed by atoms with Crippen LogP contribution in [0.2, 0.25) is 0 Å². The summed E-state index contributed by atoms with van der Waals surface area (Å²) in [6.07, 6.45) is -6.59. The first-order valence-corrected chi connectivity index (χ1v) is 8.58. The first-order chi connectivity index (χ1) is 13.4. The van der Waals surface area contributed by atoms with E-state index in [0.717, 1.165) is 0 Å². The topological polar surface area (TPSA) is 96.2 Å². The van der Waals surface area contributed by atoms with Crippen LogP contribution in [0.5, 0.6) is 0 Å². The third-order valence-electron chi connectivity index (χ3n) is 4.01. The first kappa shape index (κ1) is 21.9. The Labute approximate surface area is 161 Å². The molecule has 0 aliphatic carbocycles. The minimum absolute atomic E-state index is 0.144. The van der Waals surface area contributed by atoms with Crippen molar-refractivity contribution in [3.05, 3.63) is 71.8 Å². The molecule has 8 heteroatoms. The number of hydrogen-bond donors (Lipinski definition) is 3. The quantitative estimate of drug-likeness (QED) is 0.530. The van der Waals surface area contributed by atoms with Crippen molar-refractivity contribution in [3.8, 4) is 0 Å². The maximum Gasteiger partial charge on any atom is 0.338 e. The average Bonchev–Trinajstić information content (AvgIpc) is 2.72. The molecule has 0 aliphatic rings. The van der Waals surface area contributed by atoms with Gasteiger partial charge in [0, 0.05) is 0 Å². The van der Waals surface area contributed by atoms with Crippen LogP contribution < -0.4 is 0 Å². The predicted octanol–water partition coefficient (Wildman–Crippen LogP) is 1.78. The monoisotopic (exact) mass is 396 g/mol. The second kappa shape index (κ2) is 10.2. The molecular weight excluding hydrogens is 374 g/mol. The molecule has 3 atom stereocenters. The van der Waals surface area contributed by atoms with Crippen LogP contribution in [0.25, 0.3) is 0 Å². The Balaban J connectivity index is 2.02. The van der Waals surface area contributed by atoms with Crippen LogP contribution in [0.4, 0.5) is 8.78 Å². The lowest BCUT2D eigenvalue weighted by Gasteiger charge is -2.32. The van der Waals surface area contributed by atoms with Gasteiger partial charge >= 0.3 is 11.9 Å². The molecule has 0 spiro atoms. The van der Waals surface area contributed by atoms with Crippen LogP contribution in [0.1, 0.15) is 15.9 Å². The highest BCUT2D eigenvalue weighted by molar-refractivity contribution is 5.89. The molecule has 0 amide bonds. The van der Waals surface area contributed by atoms with Crippen molar-refractivity contribution in [1.29, 1.82) is 0 Å². The average molecular weight is 396 g/mol. The second-order valence-electron chi connectivity index (χ2n) is 6.12. The molecule has 0 aliphatic heterocycles. The number of carbonyl (C=O) groups is 1. The number of hydrogen-bond acceptors (Lipinski definition) is 6. The van der Waals surface area contributed by atoms with Crippen LogP contribution >= 0.6 is 0 Å². The highest BCUT2D eigenvalue weighted by atomic mass is 19.3. The number of benzene rings is 2. The Morgan fingerprint density at radius 3 is 2.14 bits per heavy atom. The fourth-order valence-electron chi connectivity index (χ4n) is 2.45. The molecule has 2 rings (SSSR count). The summed E-state index contributed by atoms with van der Waals surface area (Å²) >= 11 is 0. The number of carbonyl (C=O) groups excluding carboxylic acids is 1. The number of rotatable bonds is 10. The molecule has 0 bridgehead atoms. The molecule has 0 aromatic heterocycles. The lowest BCUT2D eigenvalue weighted by molar-refractivity contribution is -0.234. The molecule has 152 valence electrons. The molecule has 0 heterocycles. The van der Waals surface area contributed by atoms with Crippen LogP contribution in [0, 0.1) is 0 Å². The van der Waals surface area contributed by atoms with Gasteiger partial charge in [0.2, 0.25) is 0 Å². The Kier molecular flexibility index (Phi) is 8.01. The highest BCUT2D eigenvalue weighted by Crippen LogP contribution is 2.29. The third kappa shape index (κ3) is 5.80. The van der Waals surface area contributed by atoms with E-state index in [-0.39, 0.29) is 12.2 Å². The van der Waals surface area contributed by atoms with Gasteiger partial charge in [-0.25, -0.2) is 13.6 Å². The fourth-order valence-corrected chi connectivity index (χ4v) is 2.45. The zero-order valence-electron chi connectivity index (χ0n) is 14.9. The van der Waals surface area contributed by atoms with E-state index in [1.807, 2.05) is 0 Å². The maximum absolute atomic E-state index is 14.6. The van der Waals surface area contributed by atoms with E-state index < -0.39 is 43.4 Å². The number of halogens is 2. The van der Waals surface area contributed by atoms with Gasteiger partial charge in [-0.05, 0) is 17.7 Å². The molecule has 2 aromatic rings. The number of alkyl halides is 2. The molecule has 0 fully saturated rings. The van der Waals surface area contributed by atoms with Crippen LogP contribution in [-0.4, -0.2) is 58.7 Å². The minimum Gasteiger partial charge on any atom is -0.459 e. The molecule has 28 heavy (non-hydrogen) atoms. The van der Waals surface area contributed by atoms with Crippen molar-refractivity contribution in [1.82, 2.24) is 0 Å². The van der Waals surface area contributed by atoms with Gasteiger partial charge in [-0.2, -0.15) is 0 Å². The molecule has 0 saturated heterocycles. The zero-order valence-corrected chi connectivity index (χ0v) is 14.9. The summed E-state index contributed by atoms with van der Waals surface area (Å²) in [5.41, 5.74) is 0.712. The smallest absolute Gasteiger partial charge is 0.338 e. The van der Waals surface area contributed by atoms with E-state index in [4.69, 9.17) is 14.6 Å². The Hall–Kier alpha value is -2.39. The molecule has 2 aromatic carbocycles. The normalized spacial score (nSPS) is 14.9.